The van der Waals surface area contributed by atoms with Crippen molar-refractivity contribution in [3.8, 4) is 0 Å². The quantitative estimate of drug-likeness (QED) is 0.762. The Bertz CT molecular complexity index is 701. The molecule has 0 aromatic carbocycles. The van der Waals surface area contributed by atoms with E-state index < -0.39 is 20.0 Å². The molecule has 1 aromatic rings. The van der Waals surface area contributed by atoms with E-state index in [1.54, 1.807) is 6.07 Å². The number of aryl methyl sites for hydroxylation is 1. The molecular formula is C13H22N2O4S3. The van der Waals surface area contributed by atoms with E-state index >= 15 is 0 Å². The Kier molecular flexibility index (Phi) is 5.65. The van der Waals surface area contributed by atoms with E-state index in [9.17, 15) is 16.8 Å². The average Bonchev–Trinajstić information content (AvgIpc) is 2.97. The lowest BCUT2D eigenvalue weighted by atomic mass is 10.4. The molecule has 9 heteroatoms. The van der Waals surface area contributed by atoms with E-state index in [1.165, 1.54) is 19.9 Å². The first-order valence-electron chi connectivity index (χ1n) is 7.38. The first kappa shape index (κ1) is 17.9. The van der Waals surface area contributed by atoms with Gasteiger partial charge in [-0.2, -0.15) is 8.61 Å². The molecule has 0 aliphatic carbocycles. The third-order valence-electron chi connectivity index (χ3n) is 3.63. The van der Waals surface area contributed by atoms with Crippen LogP contribution in [0.25, 0.3) is 0 Å². The Balaban J connectivity index is 2.08. The van der Waals surface area contributed by atoms with Crippen molar-refractivity contribution in [2.24, 2.45) is 0 Å². The molecule has 0 N–H and O–H groups in total. The number of sulfonamides is 2. The lowest BCUT2D eigenvalue weighted by Crippen LogP contribution is -2.50. The second-order valence-corrected chi connectivity index (χ2v) is 10.6. The maximum Gasteiger partial charge on any atom is 0.252 e. The minimum atomic E-state index is -3.50. The highest BCUT2D eigenvalue weighted by Crippen LogP contribution is 2.26. The predicted molar refractivity (Wildman–Crippen MR) is 88.1 cm³/mol. The number of hydrogen-bond acceptors (Lipinski definition) is 5. The van der Waals surface area contributed by atoms with Crippen molar-refractivity contribution in [3.05, 3.63) is 17.0 Å². The fraction of sp³-hybridized carbons (Fsp3) is 0.692. The lowest BCUT2D eigenvalue weighted by Gasteiger charge is -2.32. The molecule has 1 aromatic heterocycles. The van der Waals surface area contributed by atoms with Crippen LogP contribution >= 0.6 is 11.3 Å². The molecule has 0 amide bonds. The molecule has 22 heavy (non-hydrogen) atoms. The molecule has 0 unspecified atom stereocenters. The number of hydrogen-bond donors (Lipinski definition) is 0. The Morgan fingerprint density at radius 3 is 2.09 bits per heavy atom. The molecule has 0 saturated carbocycles. The van der Waals surface area contributed by atoms with Crippen molar-refractivity contribution in [2.45, 2.75) is 30.9 Å². The Hall–Kier alpha value is -0.480. The van der Waals surface area contributed by atoms with Crippen LogP contribution in [-0.2, 0) is 26.5 Å². The summed E-state index contributed by atoms with van der Waals surface area (Å²) in [5.74, 6) is 0.116. The van der Waals surface area contributed by atoms with Gasteiger partial charge >= 0.3 is 0 Å². The van der Waals surface area contributed by atoms with E-state index in [-0.39, 0.29) is 31.9 Å². The summed E-state index contributed by atoms with van der Waals surface area (Å²) in [4.78, 5) is 1.03. The van der Waals surface area contributed by atoms with Crippen LogP contribution < -0.4 is 0 Å². The summed E-state index contributed by atoms with van der Waals surface area (Å²) in [5.41, 5.74) is 0. The smallest absolute Gasteiger partial charge is 0.212 e. The fourth-order valence-corrected chi connectivity index (χ4v) is 6.76. The van der Waals surface area contributed by atoms with Crippen molar-refractivity contribution in [1.82, 2.24) is 8.61 Å². The van der Waals surface area contributed by atoms with E-state index in [2.05, 4.69) is 0 Å². The topological polar surface area (TPSA) is 74.8 Å². The first-order valence-corrected chi connectivity index (χ1v) is 11.2. The van der Waals surface area contributed by atoms with Crippen LogP contribution in [0.2, 0.25) is 0 Å². The maximum absolute atomic E-state index is 12.6. The average molecular weight is 367 g/mol. The monoisotopic (exact) mass is 366 g/mol. The second kappa shape index (κ2) is 6.96. The van der Waals surface area contributed by atoms with Gasteiger partial charge < -0.3 is 0 Å². The highest BCUT2D eigenvalue weighted by molar-refractivity contribution is 7.91. The van der Waals surface area contributed by atoms with Crippen LogP contribution in [0.5, 0.6) is 0 Å². The third kappa shape index (κ3) is 3.70. The zero-order valence-electron chi connectivity index (χ0n) is 12.9. The van der Waals surface area contributed by atoms with Crippen LogP contribution in [0.4, 0.5) is 0 Å². The molecule has 0 atom stereocenters. The van der Waals surface area contributed by atoms with Gasteiger partial charge in [-0.05, 0) is 25.0 Å². The zero-order valence-corrected chi connectivity index (χ0v) is 15.3. The van der Waals surface area contributed by atoms with Gasteiger partial charge in [0.2, 0.25) is 10.0 Å². The number of nitrogens with zero attached hydrogens (tertiary/aromatic N) is 2. The molecule has 0 radical (unpaired) electrons. The standard InChI is InChI=1S/C13H22N2O4S3/c1-3-11-21(16,17)14-7-9-15(10-8-14)22(18,19)13-6-5-12(4-2)20-13/h5-6H,3-4,7-11H2,1-2H3. The van der Waals surface area contributed by atoms with Crippen LogP contribution in [-0.4, -0.2) is 57.4 Å². The summed E-state index contributed by atoms with van der Waals surface area (Å²) in [6.07, 6.45) is 1.37. The van der Waals surface area contributed by atoms with Gasteiger partial charge in [-0.25, -0.2) is 16.8 Å². The molecule has 1 aliphatic rings. The summed E-state index contributed by atoms with van der Waals surface area (Å²) in [6, 6.07) is 3.47. The second-order valence-electron chi connectivity index (χ2n) is 5.19. The fourth-order valence-electron chi connectivity index (χ4n) is 2.39. The van der Waals surface area contributed by atoms with Gasteiger partial charge in [-0.3, -0.25) is 0 Å². The Morgan fingerprint density at radius 2 is 1.59 bits per heavy atom. The van der Waals surface area contributed by atoms with E-state index in [1.807, 2.05) is 19.9 Å². The van der Waals surface area contributed by atoms with Gasteiger partial charge in [0.05, 0.1) is 5.75 Å². The summed E-state index contributed by atoms with van der Waals surface area (Å²) in [6.45, 7) is 4.69. The molecule has 1 fully saturated rings. The third-order valence-corrected chi connectivity index (χ3v) is 9.30. The predicted octanol–water partition coefficient (Wildman–Crippen LogP) is 1.36. The molecule has 2 rings (SSSR count). The molecule has 0 bridgehead atoms. The Labute approximate surface area is 136 Å². The summed E-state index contributed by atoms with van der Waals surface area (Å²) in [7, 11) is -6.75. The van der Waals surface area contributed by atoms with Crippen molar-refractivity contribution in [1.29, 1.82) is 0 Å². The van der Waals surface area contributed by atoms with Gasteiger partial charge in [0.15, 0.2) is 0 Å². The molecular weight excluding hydrogens is 344 g/mol. The van der Waals surface area contributed by atoms with Crippen LogP contribution in [0.1, 0.15) is 25.1 Å². The summed E-state index contributed by atoms with van der Waals surface area (Å²) in [5, 5.41) is 0. The molecule has 6 nitrogen and oxygen atoms in total. The van der Waals surface area contributed by atoms with Gasteiger partial charge in [-0.1, -0.05) is 13.8 Å². The Morgan fingerprint density at radius 1 is 1.00 bits per heavy atom. The molecule has 0 spiro atoms. The van der Waals surface area contributed by atoms with Crippen molar-refractivity contribution < 1.29 is 16.8 Å². The van der Waals surface area contributed by atoms with E-state index in [0.29, 0.717) is 10.6 Å². The highest BCUT2D eigenvalue weighted by Gasteiger charge is 2.33. The lowest BCUT2D eigenvalue weighted by molar-refractivity contribution is 0.273. The minimum Gasteiger partial charge on any atom is -0.212 e. The van der Waals surface area contributed by atoms with Gasteiger partial charge in [-0.15, -0.1) is 11.3 Å². The minimum absolute atomic E-state index is 0.116. The SMILES string of the molecule is CCCS(=O)(=O)N1CCN(S(=O)(=O)c2ccc(CC)s2)CC1. The number of thiophene rings is 1. The zero-order chi connectivity index (χ0) is 16.4. The number of rotatable bonds is 6. The summed E-state index contributed by atoms with van der Waals surface area (Å²) < 4.78 is 52.3. The highest BCUT2D eigenvalue weighted by atomic mass is 32.2. The van der Waals surface area contributed by atoms with Gasteiger partial charge in [0, 0.05) is 31.1 Å². The van der Waals surface area contributed by atoms with Crippen LogP contribution in [0.3, 0.4) is 0 Å². The van der Waals surface area contributed by atoms with E-state index in [0.717, 1.165) is 11.3 Å². The molecule has 1 saturated heterocycles. The normalized spacial score (nSPS) is 18.6. The van der Waals surface area contributed by atoms with Crippen LogP contribution in [0.15, 0.2) is 16.3 Å². The molecule has 126 valence electrons. The summed E-state index contributed by atoms with van der Waals surface area (Å²) >= 11 is 1.29. The number of piperazine rings is 1. The maximum atomic E-state index is 12.6. The first-order chi connectivity index (χ1) is 10.3. The van der Waals surface area contributed by atoms with Gasteiger partial charge in [0.25, 0.3) is 10.0 Å². The van der Waals surface area contributed by atoms with Crippen LogP contribution in [0, 0.1) is 0 Å². The van der Waals surface area contributed by atoms with Crippen molar-refractivity contribution in [3.63, 3.8) is 0 Å². The van der Waals surface area contributed by atoms with Crippen molar-refractivity contribution >= 4 is 31.4 Å². The van der Waals surface area contributed by atoms with E-state index in [4.69, 9.17) is 0 Å². The largest absolute Gasteiger partial charge is 0.252 e. The van der Waals surface area contributed by atoms with Crippen molar-refractivity contribution in [2.75, 3.05) is 31.9 Å². The molecule has 2 heterocycles. The van der Waals surface area contributed by atoms with Gasteiger partial charge in [0.1, 0.15) is 4.21 Å². The molecule has 1 aliphatic heterocycles.